The molecule has 0 spiro atoms. The van der Waals surface area contributed by atoms with Crippen LogP contribution >= 0.6 is 27.3 Å². The largest absolute Gasteiger partial charge is 0.480 e. The summed E-state index contributed by atoms with van der Waals surface area (Å²) in [5.41, 5.74) is 4.21. The third-order valence-electron chi connectivity index (χ3n) is 3.15. The first kappa shape index (κ1) is 14.9. The van der Waals surface area contributed by atoms with Crippen LogP contribution in [0, 0.1) is 6.92 Å². The average Bonchev–Trinajstić information content (AvgIpc) is 2.84. The second-order valence-corrected chi connectivity index (χ2v) is 9.06. The normalized spacial score (nSPS) is 24.8. The van der Waals surface area contributed by atoms with E-state index in [4.69, 9.17) is 10.8 Å². The molecule has 1 aromatic heterocycles. The highest BCUT2D eigenvalue weighted by molar-refractivity contribution is 9.11. The SMILES string of the molecule is Cc1sc(Br)cc1S(=O)(=O)N1CCC(N)(C(=O)O)C1. The van der Waals surface area contributed by atoms with Crippen LogP contribution in [0.15, 0.2) is 14.7 Å². The number of nitrogens with two attached hydrogens (primary N) is 1. The quantitative estimate of drug-likeness (QED) is 0.828. The van der Waals surface area contributed by atoms with Crippen LogP contribution in [-0.2, 0) is 14.8 Å². The molecule has 1 fully saturated rings. The molecular formula is C10H13BrN2O4S2. The summed E-state index contributed by atoms with van der Waals surface area (Å²) in [5, 5.41) is 9.03. The Hall–Kier alpha value is -0.480. The maximum absolute atomic E-state index is 12.4. The molecule has 1 unspecified atom stereocenters. The predicted molar refractivity (Wildman–Crippen MR) is 74.7 cm³/mol. The van der Waals surface area contributed by atoms with Gasteiger partial charge in [-0.1, -0.05) is 0 Å². The van der Waals surface area contributed by atoms with Gasteiger partial charge in [-0.2, -0.15) is 4.31 Å². The smallest absolute Gasteiger partial charge is 0.325 e. The first-order chi connectivity index (χ1) is 8.67. The van der Waals surface area contributed by atoms with E-state index in [1.54, 1.807) is 6.92 Å². The van der Waals surface area contributed by atoms with Gasteiger partial charge < -0.3 is 10.8 Å². The van der Waals surface area contributed by atoms with Crippen molar-refractivity contribution in [1.82, 2.24) is 4.31 Å². The summed E-state index contributed by atoms with van der Waals surface area (Å²) in [7, 11) is -3.68. The van der Waals surface area contributed by atoms with E-state index < -0.39 is 21.5 Å². The molecule has 1 atom stereocenters. The molecule has 1 saturated heterocycles. The molecule has 2 rings (SSSR count). The summed E-state index contributed by atoms with van der Waals surface area (Å²) in [6.45, 7) is 1.64. The van der Waals surface area contributed by atoms with Gasteiger partial charge in [0.15, 0.2) is 0 Å². The number of halogens is 1. The van der Waals surface area contributed by atoms with Crippen molar-refractivity contribution in [3.8, 4) is 0 Å². The van der Waals surface area contributed by atoms with Gasteiger partial charge in [0.25, 0.3) is 0 Å². The lowest BCUT2D eigenvalue weighted by Gasteiger charge is -2.19. The van der Waals surface area contributed by atoms with Crippen molar-refractivity contribution in [1.29, 1.82) is 0 Å². The van der Waals surface area contributed by atoms with Gasteiger partial charge in [0, 0.05) is 18.0 Å². The van der Waals surface area contributed by atoms with Gasteiger partial charge in [-0.05, 0) is 35.3 Å². The summed E-state index contributed by atoms with van der Waals surface area (Å²) < 4.78 is 26.7. The summed E-state index contributed by atoms with van der Waals surface area (Å²) >= 11 is 4.57. The Morgan fingerprint density at radius 2 is 2.26 bits per heavy atom. The first-order valence-electron chi connectivity index (χ1n) is 5.45. The average molecular weight is 369 g/mol. The van der Waals surface area contributed by atoms with Gasteiger partial charge in [-0.15, -0.1) is 11.3 Å². The van der Waals surface area contributed by atoms with E-state index in [9.17, 15) is 13.2 Å². The molecule has 0 radical (unpaired) electrons. The highest BCUT2D eigenvalue weighted by atomic mass is 79.9. The molecule has 3 N–H and O–H groups in total. The van der Waals surface area contributed by atoms with Gasteiger partial charge in [-0.3, -0.25) is 4.79 Å². The van der Waals surface area contributed by atoms with Crippen molar-refractivity contribution in [3.05, 3.63) is 14.7 Å². The van der Waals surface area contributed by atoms with Crippen molar-refractivity contribution in [3.63, 3.8) is 0 Å². The summed E-state index contributed by atoms with van der Waals surface area (Å²) in [6.07, 6.45) is 0.117. The van der Waals surface area contributed by atoms with Crippen molar-refractivity contribution >= 4 is 43.3 Å². The molecule has 0 aliphatic carbocycles. The van der Waals surface area contributed by atoms with E-state index in [-0.39, 0.29) is 24.4 Å². The number of sulfonamides is 1. The standard InChI is InChI=1S/C10H13BrN2O4S2/c1-6-7(4-8(11)18-6)19(16,17)13-3-2-10(12,5-13)9(14)15/h4H,2-3,5,12H2,1H3,(H,14,15). The third kappa shape index (κ3) is 2.57. The van der Waals surface area contributed by atoms with E-state index in [0.717, 1.165) is 8.09 Å². The lowest BCUT2D eigenvalue weighted by atomic mass is 10.0. The topological polar surface area (TPSA) is 101 Å². The Kier molecular flexibility index (Phi) is 3.78. The molecule has 0 bridgehead atoms. The van der Waals surface area contributed by atoms with Crippen LogP contribution < -0.4 is 5.73 Å². The number of hydrogen-bond acceptors (Lipinski definition) is 5. The zero-order valence-corrected chi connectivity index (χ0v) is 13.3. The highest BCUT2D eigenvalue weighted by Gasteiger charge is 2.46. The molecule has 9 heteroatoms. The summed E-state index contributed by atoms with van der Waals surface area (Å²) in [6, 6.07) is 1.53. The molecule has 1 aliphatic rings. The molecule has 2 heterocycles. The Morgan fingerprint density at radius 3 is 2.68 bits per heavy atom. The molecule has 19 heavy (non-hydrogen) atoms. The van der Waals surface area contributed by atoms with Gasteiger partial charge in [-0.25, -0.2) is 8.42 Å². The number of carboxylic acid groups (broad SMARTS) is 1. The first-order valence-corrected chi connectivity index (χ1v) is 8.50. The van der Waals surface area contributed by atoms with Crippen molar-refractivity contribution in [2.75, 3.05) is 13.1 Å². The van der Waals surface area contributed by atoms with Gasteiger partial charge in [0.2, 0.25) is 10.0 Å². The lowest BCUT2D eigenvalue weighted by molar-refractivity contribution is -0.142. The van der Waals surface area contributed by atoms with Crippen LogP contribution in [0.3, 0.4) is 0 Å². The van der Waals surface area contributed by atoms with Crippen LogP contribution in [0.1, 0.15) is 11.3 Å². The fourth-order valence-corrected chi connectivity index (χ4v) is 5.90. The fraction of sp³-hybridized carbons (Fsp3) is 0.500. The molecule has 0 aromatic carbocycles. The second-order valence-electron chi connectivity index (χ2n) is 4.52. The Labute approximate surface area is 123 Å². The number of hydrogen-bond donors (Lipinski definition) is 2. The number of aryl methyl sites for hydroxylation is 1. The van der Waals surface area contributed by atoms with Crippen LogP contribution in [-0.4, -0.2) is 42.4 Å². The Morgan fingerprint density at radius 1 is 1.63 bits per heavy atom. The molecule has 0 amide bonds. The molecule has 1 aliphatic heterocycles. The van der Waals surface area contributed by atoms with Crippen molar-refractivity contribution < 1.29 is 18.3 Å². The second kappa shape index (κ2) is 4.81. The minimum atomic E-state index is -3.68. The van der Waals surface area contributed by atoms with E-state index in [2.05, 4.69) is 15.9 Å². The number of aliphatic carboxylic acids is 1. The predicted octanol–water partition coefficient (Wildman–Crippen LogP) is 0.996. The maximum atomic E-state index is 12.4. The molecular weight excluding hydrogens is 356 g/mol. The highest BCUT2D eigenvalue weighted by Crippen LogP contribution is 2.33. The van der Waals surface area contributed by atoms with E-state index in [0.29, 0.717) is 4.88 Å². The molecule has 1 aromatic rings. The molecule has 0 saturated carbocycles. The monoisotopic (exact) mass is 368 g/mol. The zero-order chi connectivity index (χ0) is 14.4. The number of carboxylic acids is 1. The Balaban J connectivity index is 2.33. The Bertz CT molecular complexity index is 627. The van der Waals surface area contributed by atoms with E-state index in [1.165, 1.54) is 17.4 Å². The van der Waals surface area contributed by atoms with E-state index >= 15 is 0 Å². The van der Waals surface area contributed by atoms with Gasteiger partial charge >= 0.3 is 5.97 Å². The molecule has 106 valence electrons. The van der Waals surface area contributed by atoms with Crippen LogP contribution in [0.5, 0.6) is 0 Å². The lowest BCUT2D eigenvalue weighted by Crippen LogP contribution is -2.50. The van der Waals surface area contributed by atoms with Crippen LogP contribution in [0.4, 0.5) is 0 Å². The van der Waals surface area contributed by atoms with Crippen molar-refractivity contribution in [2.45, 2.75) is 23.8 Å². The minimum Gasteiger partial charge on any atom is -0.480 e. The third-order valence-corrected chi connectivity index (χ3v) is 6.81. The van der Waals surface area contributed by atoms with Crippen LogP contribution in [0.25, 0.3) is 0 Å². The number of nitrogens with zero attached hydrogens (tertiary/aromatic N) is 1. The number of carbonyl (C=O) groups is 1. The van der Waals surface area contributed by atoms with Gasteiger partial charge in [0.1, 0.15) is 5.54 Å². The zero-order valence-electron chi connectivity index (χ0n) is 10.1. The molecule has 6 nitrogen and oxygen atoms in total. The maximum Gasteiger partial charge on any atom is 0.325 e. The van der Waals surface area contributed by atoms with Crippen molar-refractivity contribution in [2.24, 2.45) is 5.73 Å². The van der Waals surface area contributed by atoms with Gasteiger partial charge in [0.05, 0.1) is 8.68 Å². The van der Waals surface area contributed by atoms with Crippen LogP contribution in [0.2, 0.25) is 0 Å². The minimum absolute atomic E-state index is 0.117. The summed E-state index contributed by atoms with van der Waals surface area (Å²) in [5.74, 6) is -1.17. The number of thiophene rings is 1. The number of rotatable bonds is 3. The summed E-state index contributed by atoms with van der Waals surface area (Å²) in [4.78, 5) is 11.9. The fourth-order valence-electron chi connectivity index (χ4n) is 2.00. The van der Waals surface area contributed by atoms with E-state index in [1.807, 2.05) is 0 Å².